The second-order valence-corrected chi connectivity index (χ2v) is 8.63. The van der Waals surface area contributed by atoms with Crippen LogP contribution in [0.5, 0.6) is 0 Å². The number of ether oxygens (including phenoxy) is 1. The molecule has 1 fully saturated rings. The Morgan fingerprint density at radius 1 is 1.00 bits per heavy atom. The molecule has 0 saturated carbocycles. The summed E-state index contributed by atoms with van der Waals surface area (Å²) in [5.74, 6) is -0.770. The van der Waals surface area contributed by atoms with Gasteiger partial charge in [-0.05, 0) is 56.2 Å². The highest BCUT2D eigenvalue weighted by molar-refractivity contribution is 7.13. The fourth-order valence-electron chi connectivity index (χ4n) is 3.55. The predicted molar refractivity (Wildman–Crippen MR) is 125 cm³/mol. The lowest BCUT2D eigenvalue weighted by molar-refractivity contribution is 0.0600. The highest BCUT2D eigenvalue weighted by atomic mass is 32.1. The molecule has 1 saturated heterocycles. The van der Waals surface area contributed by atoms with E-state index >= 15 is 0 Å². The zero-order valence-electron chi connectivity index (χ0n) is 18.2. The van der Waals surface area contributed by atoms with Gasteiger partial charge in [0.15, 0.2) is 0 Å². The molecule has 1 aliphatic rings. The van der Waals surface area contributed by atoms with E-state index in [0.717, 1.165) is 18.4 Å². The molecule has 4 rings (SSSR count). The Hall–Kier alpha value is -3.79. The van der Waals surface area contributed by atoms with Crippen molar-refractivity contribution in [3.8, 4) is 0 Å². The van der Waals surface area contributed by atoms with Crippen LogP contribution >= 0.6 is 11.3 Å². The highest BCUT2D eigenvalue weighted by Gasteiger charge is 2.33. The summed E-state index contributed by atoms with van der Waals surface area (Å²) in [7, 11) is 1.32. The number of nitrogens with one attached hydrogen (secondary N) is 2. The van der Waals surface area contributed by atoms with E-state index in [0.29, 0.717) is 28.5 Å². The molecule has 1 aromatic heterocycles. The zero-order chi connectivity index (χ0) is 23.4. The van der Waals surface area contributed by atoms with Crippen molar-refractivity contribution in [2.24, 2.45) is 0 Å². The molecule has 2 aromatic carbocycles. The Labute approximate surface area is 194 Å². The maximum absolute atomic E-state index is 12.9. The summed E-state index contributed by atoms with van der Waals surface area (Å²) in [5.41, 5.74) is 2.75. The van der Waals surface area contributed by atoms with Gasteiger partial charge in [-0.15, -0.1) is 10.2 Å². The Kier molecular flexibility index (Phi) is 6.64. The van der Waals surface area contributed by atoms with Crippen LogP contribution < -0.4 is 10.6 Å². The first-order valence-electron chi connectivity index (χ1n) is 10.4. The van der Waals surface area contributed by atoms with Gasteiger partial charge < -0.3 is 20.3 Å². The number of benzene rings is 2. The molecule has 3 amide bonds. The van der Waals surface area contributed by atoms with E-state index in [1.165, 1.54) is 18.4 Å². The number of likely N-dealkylation sites (tertiary alicyclic amines) is 1. The van der Waals surface area contributed by atoms with Crippen LogP contribution in [-0.2, 0) is 4.74 Å². The van der Waals surface area contributed by atoms with Gasteiger partial charge in [-0.2, -0.15) is 0 Å². The third-order valence-corrected chi connectivity index (χ3v) is 6.32. The minimum atomic E-state index is -0.439. The van der Waals surface area contributed by atoms with Crippen LogP contribution in [0.4, 0.5) is 16.2 Å². The lowest BCUT2D eigenvalue weighted by Gasteiger charge is -2.23. The normalized spacial score (nSPS) is 15.2. The molecule has 0 spiro atoms. The lowest BCUT2D eigenvalue weighted by atomic mass is 10.2. The number of hydrogen-bond donors (Lipinski definition) is 2. The van der Waals surface area contributed by atoms with E-state index in [-0.39, 0.29) is 23.0 Å². The van der Waals surface area contributed by atoms with Gasteiger partial charge in [0.1, 0.15) is 5.01 Å². The van der Waals surface area contributed by atoms with Gasteiger partial charge in [-0.3, -0.25) is 4.79 Å². The van der Waals surface area contributed by atoms with Crippen molar-refractivity contribution in [3.63, 3.8) is 0 Å². The molecule has 170 valence electrons. The zero-order valence-corrected chi connectivity index (χ0v) is 19.0. The number of hydrogen-bond acceptors (Lipinski definition) is 7. The predicted octanol–water partition coefficient (Wildman–Crippen LogP) is 4.25. The van der Waals surface area contributed by atoms with Crippen molar-refractivity contribution in [1.29, 1.82) is 0 Å². The number of urea groups is 1. The standard InChI is InChI=1S/C23H23N5O4S/c1-14-5-9-16(10-6-14)24-19(29)21-27-26-20(33-21)18-4-3-13-28(18)23(31)25-17-11-7-15(8-12-17)22(30)32-2/h5-12,18H,3-4,13H2,1-2H3,(H,24,29)(H,25,31)/t18-/m1/s1. The van der Waals surface area contributed by atoms with Gasteiger partial charge in [0.2, 0.25) is 5.01 Å². The number of aryl methyl sites for hydroxylation is 1. The van der Waals surface area contributed by atoms with Gasteiger partial charge in [-0.1, -0.05) is 29.0 Å². The SMILES string of the molecule is COC(=O)c1ccc(NC(=O)N2CCC[C@@H]2c2nnc(C(=O)Nc3ccc(C)cc3)s2)cc1. The number of anilines is 2. The summed E-state index contributed by atoms with van der Waals surface area (Å²) in [6, 6.07) is 13.4. The van der Waals surface area contributed by atoms with Crippen molar-refractivity contribution in [1.82, 2.24) is 15.1 Å². The quantitative estimate of drug-likeness (QED) is 0.545. The van der Waals surface area contributed by atoms with E-state index in [9.17, 15) is 14.4 Å². The molecule has 9 nitrogen and oxygen atoms in total. The monoisotopic (exact) mass is 465 g/mol. The molecular formula is C23H23N5O4S. The molecule has 2 N–H and O–H groups in total. The second kappa shape index (κ2) is 9.78. The first kappa shape index (κ1) is 22.4. The summed E-state index contributed by atoms with van der Waals surface area (Å²) in [6.07, 6.45) is 1.56. The minimum Gasteiger partial charge on any atom is -0.465 e. The molecule has 10 heteroatoms. The number of methoxy groups -OCH3 is 1. The van der Waals surface area contributed by atoms with Crippen LogP contribution in [0.1, 0.15) is 49.6 Å². The molecule has 3 aromatic rings. The Balaban J connectivity index is 1.41. The van der Waals surface area contributed by atoms with Crippen LogP contribution in [0.25, 0.3) is 0 Å². The van der Waals surface area contributed by atoms with Crippen LogP contribution in [0.2, 0.25) is 0 Å². The van der Waals surface area contributed by atoms with E-state index in [4.69, 9.17) is 0 Å². The number of carbonyl (C=O) groups excluding carboxylic acids is 3. The molecule has 0 aliphatic carbocycles. The van der Waals surface area contributed by atoms with Crippen molar-refractivity contribution in [2.45, 2.75) is 25.8 Å². The molecule has 1 aliphatic heterocycles. The Morgan fingerprint density at radius 3 is 2.36 bits per heavy atom. The molecule has 0 bridgehead atoms. The highest BCUT2D eigenvalue weighted by Crippen LogP contribution is 2.34. The van der Waals surface area contributed by atoms with E-state index in [2.05, 4.69) is 25.6 Å². The van der Waals surface area contributed by atoms with E-state index < -0.39 is 5.97 Å². The number of esters is 1. The van der Waals surface area contributed by atoms with Crippen LogP contribution in [0.3, 0.4) is 0 Å². The van der Waals surface area contributed by atoms with Gasteiger partial charge in [0.05, 0.1) is 18.7 Å². The Bertz CT molecular complexity index is 1160. The smallest absolute Gasteiger partial charge is 0.337 e. The van der Waals surface area contributed by atoms with Gasteiger partial charge in [-0.25, -0.2) is 9.59 Å². The first-order chi connectivity index (χ1) is 15.9. The molecular weight excluding hydrogens is 442 g/mol. The van der Waals surface area contributed by atoms with Crippen LogP contribution in [-0.4, -0.2) is 46.7 Å². The average Bonchev–Trinajstić information content (AvgIpc) is 3.50. The van der Waals surface area contributed by atoms with Crippen LogP contribution in [0.15, 0.2) is 48.5 Å². The molecule has 1 atom stereocenters. The maximum Gasteiger partial charge on any atom is 0.337 e. The molecule has 0 unspecified atom stereocenters. The lowest BCUT2D eigenvalue weighted by Crippen LogP contribution is -2.34. The second-order valence-electron chi connectivity index (χ2n) is 7.62. The topological polar surface area (TPSA) is 114 Å². The number of carbonyl (C=O) groups is 3. The van der Waals surface area contributed by atoms with Gasteiger partial charge in [0.25, 0.3) is 5.91 Å². The van der Waals surface area contributed by atoms with Gasteiger partial charge in [0, 0.05) is 17.9 Å². The van der Waals surface area contributed by atoms with Crippen molar-refractivity contribution >= 4 is 40.6 Å². The van der Waals surface area contributed by atoms with Crippen LogP contribution in [0, 0.1) is 6.92 Å². The first-order valence-corrected chi connectivity index (χ1v) is 11.2. The number of amides is 3. The summed E-state index contributed by atoms with van der Waals surface area (Å²) in [4.78, 5) is 38.7. The van der Waals surface area contributed by atoms with E-state index in [1.807, 2.05) is 31.2 Å². The molecule has 33 heavy (non-hydrogen) atoms. The summed E-state index contributed by atoms with van der Waals surface area (Å²) < 4.78 is 4.68. The third kappa shape index (κ3) is 5.17. The van der Waals surface area contributed by atoms with E-state index in [1.54, 1.807) is 29.2 Å². The largest absolute Gasteiger partial charge is 0.465 e. The maximum atomic E-state index is 12.9. The summed E-state index contributed by atoms with van der Waals surface area (Å²) in [5, 5.41) is 14.8. The number of rotatable bonds is 5. The third-order valence-electron chi connectivity index (χ3n) is 5.30. The number of aromatic nitrogens is 2. The Morgan fingerprint density at radius 2 is 1.67 bits per heavy atom. The van der Waals surface area contributed by atoms with Crippen molar-refractivity contribution in [2.75, 3.05) is 24.3 Å². The average molecular weight is 466 g/mol. The minimum absolute atomic E-state index is 0.247. The summed E-state index contributed by atoms with van der Waals surface area (Å²) in [6.45, 7) is 2.55. The fraction of sp³-hybridized carbons (Fsp3) is 0.261. The fourth-order valence-corrected chi connectivity index (χ4v) is 4.44. The van der Waals surface area contributed by atoms with Crippen molar-refractivity contribution in [3.05, 3.63) is 69.7 Å². The molecule has 0 radical (unpaired) electrons. The van der Waals surface area contributed by atoms with Crippen molar-refractivity contribution < 1.29 is 19.1 Å². The van der Waals surface area contributed by atoms with Gasteiger partial charge >= 0.3 is 12.0 Å². The summed E-state index contributed by atoms with van der Waals surface area (Å²) >= 11 is 1.19. The molecule has 2 heterocycles. The number of nitrogens with zero attached hydrogens (tertiary/aromatic N) is 3.